The third-order valence-corrected chi connectivity index (χ3v) is 5.00. The third kappa shape index (κ3) is 3.40. The first-order valence-electron chi connectivity index (χ1n) is 5.81. The van der Waals surface area contributed by atoms with E-state index in [4.69, 9.17) is 5.73 Å². The third-order valence-electron chi connectivity index (χ3n) is 2.60. The van der Waals surface area contributed by atoms with Gasteiger partial charge in [-0.3, -0.25) is 0 Å². The first-order valence-corrected chi connectivity index (χ1v) is 8.18. The van der Waals surface area contributed by atoms with Gasteiger partial charge >= 0.3 is 0 Å². The zero-order valence-corrected chi connectivity index (χ0v) is 12.4. The maximum absolute atomic E-state index is 13.8. The van der Waals surface area contributed by atoms with E-state index >= 15 is 0 Å². The van der Waals surface area contributed by atoms with Gasteiger partial charge in [-0.1, -0.05) is 6.07 Å². The summed E-state index contributed by atoms with van der Waals surface area (Å²) >= 11 is 1.35. The number of sulfonamides is 1. The van der Waals surface area contributed by atoms with Gasteiger partial charge in [-0.25, -0.2) is 22.5 Å². The molecular weight excluding hydrogens is 301 g/mol. The van der Waals surface area contributed by atoms with Crippen molar-refractivity contribution in [2.75, 3.05) is 0 Å². The second-order valence-corrected chi connectivity index (χ2v) is 6.85. The van der Waals surface area contributed by atoms with E-state index < -0.39 is 15.8 Å². The minimum absolute atomic E-state index is 0.0406. The van der Waals surface area contributed by atoms with E-state index in [2.05, 4.69) is 9.71 Å². The molecule has 2 aromatic rings. The smallest absolute Gasteiger partial charge is 0.243 e. The standard InChI is InChI=1S/C12H14FN3O2S2/c1-8-7-19-12(16-8)6-15-20(17,18)11-3-2-9(5-14)4-10(11)13/h2-4,7,15H,5-6,14H2,1H3. The molecule has 0 saturated heterocycles. The molecule has 1 aromatic carbocycles. The van der Waals surface area contributed by atoms with Crippen molar-refractivity contribution in [3.8, 4) is 0 Å². The van der Waals surface area contributed by atoms with Crippen LogP contribution in [0.1, 0.15) is 16.3 Å². The van der Waals surface area contributed by atoms with Gasteiger partial charge in [0.25, 0.3) is 0 Å². The van der Waals surface area contributed by atoms with E-state index in [9.17, 15) is 12.8 Å². The van der Waals surface area contributed by atoms with Gasteiger partial charge in [0.2, 0.25) is 10.0 Å². The van der Waals surface area contributed by atoms with Crippen LogP contribution in [-0.4, -0.2) is 13.4 Å². The molecule has 0 spiro atoms. The second-order valence-electron chi connectivity index (χ2n) is 4.18. The van der Waals surface area contributed by atoms with E-state index in [1.165, 1.54) is 23.5 Å². The normalized spacial score (nSPS) is 11.8. The molecular formula is C12H14FN3O2S2. The quantitative estimate of drug-likeness (QED) is 0.876. The summed E-state index contributed by atoms with van der Waals surface area (Å²) in [4.78, 5) is 3.75. The van der Waals surface area contributed by atoms with Crippen molar-refractivity contribution in [1.29, 1.82) is 0 Å². The lowest BCUT2D eigenvalue weighted by atomic mass is 10.2. The molecule has 1 aromatic heterocycles. The lowest BCUT2D eigenvalue weighted by molar-refractivity contribution is 0.555. The van der Waals surface area contributed by atoms with Gasteiger partial charge in [0.05, 0.1) is 6.54 Å². The van der Waals surface area contributed by atoms with Gasteiger partial charge in [0, 0.05) is 17.6 Å². The van der Waals surface area contributed by atoms with Crippen LogP contribution in [0, 0.1) is 12.7 Å². The van der Waals surface area contributed by atoms with Crippen LogP contribution in [0.5, 0.6) is 0 Å². The van der Waals surface area contributed by atoms with Crippen LogP contribution in [0.2, 0.25) is 0 Å². The van der Waals surface area contributed by atoms with E-state index in [0.717, 1.165) is 11.8 Å². The molecule has 5 nitrogen and oxygen atoms in total. The Morgan fingerprint density at radius 3 is 2.75 bits per heavy atom. The van der Waals surface area contributed by atoms with Crippen molar-refractivity contribution < 1.29 is 12.8 Å². The van der Waals surface area contributed by atoms with Gasteiger partial charge in [-0.2, -0.15) is 0 Å². The molecule has 8 heteroatoms. The molecule has 0 aliphatic carbocycles. The predicted molar refractivity (Wildman–Crippen MR) is 75.2 cm³/mol. The van der Waals surface area contributed by atoms with E-state index in [1.807, 2.05) is 12.3 Å². The number of halogens is 1. The molecule has 0 atom stereocenters. The Bertz CT molecular complexity index is 713. The molecule has 0 bridgehead atoms. The van der Waals surface area contributed by atoms with Crippen LogP contribution in [0.3, 0.4) is 0 Å². The molecule has 108 valence electrons. The Morgan fingerprint density at radius 1 is 1.45 bits per heavy atom. The molecule has 0 unspecified atom stereocenters. The predicted octanol–water partition coefficient (Wildman–Crippen LogP) is 1.53. The number of hydrogen-bond donors (Lipinski definition) is 2. The van der Waals surface area contributed by atoms with Crippen LogP contribution in [0.15, 0.2) is 28.5 Å². The maximum atomic E-state index is 13.8. The zero-order chi connectivity index (χ0) is 14.8. The van der Waals surface area contributed by atoms with E-state index in [-0.39, 0.29) is 18.0 Å². The number of hydrogen-bond acceptors (Lipinski definition) is 5. The Hall–Kier alpha value is -1.35. The van der Waals surface area contributed by atoms with Crippen LogP contribution in [0.4, 0.5) is 4.39 Å². The minimum atomic E-state index is -3.90. The average molecular weight is 315 g/mol. The Morgan fingerprint density at radius 2 is 2.20 bits per heavy atom. The van der Waals surface area contributed by atoms with Crippen molar-refractivity contribution in [2.24, 2.45) is 5.73 Å². The van der Waals surface area contributed by atoms with Crippen molar-refractivity contribution in [1.82, 2.24) is 9.71 Å². The van der Waals surface area contributed by atoms with Crippen molar-refractivity contribution >= 4 is 21.4 Å². The molecule has 2 rings (SSSR count). The number of thiazole rings is 1. The number of nitrogens with zero attached hydrogens (tertiary/aromatic N) is 1. The van der Waals surface area contributed by atoms with Crippen LogP contribution in [-0.2, 0) is 23.1 Å². The van der Waals surface area contributed by atoms with Gasteiger partial charge in [0.1, 0.15) is 15.7 Å². The van der Waals surface area contributed by atoms with Crippen LogP contribution >= 0.6 is 11.3 Å². The summed E-state index contributed by atoms with van der Waals surface area (Å²) in [7, 11) is -3.90. The molecule has 0 radical (unpaired) electrons. The fraction of sp³-hybridized carbons (Fsp3) is 0.250. The van der Waals surface area contributed by atoms with E-state index in [1.54, 1.807) is 0 Å². The minimum Gasteiger partial charge on any atom is -0.326 e. The summed E-state index contributed by atoms with van der Waals surface area (Å²) in [5, 5.41) is 2.45. The van der Waals surface area contributed by atoms with E-state index in [0.29, 0.717) is 10.6 Å². The maximum Gasteiger partial charge on any atom is 0.243 e. The van der Waals surface area contributed by atoms with Crippen molar-refractivity contribution in [3.63, 3.8) is 0 Å². The number of nitrogens with one attached hydrogen (secondary N) is 1. The monoisotopic (exact) mass is 315 g/mol. The molecule has 0 aliphatic rings. The Kier molecular flexibility index (Phi) is 4.48. The molecule has 0 aliphatic heterocycles. The largest absolute Gasteiger partial charge is 0.326 e. The first-order chi connectivity index (χ1) is 9.42. The number of aromatic nitrogens is 1. The van der Waals surface area contributed by atoms with Gasteiger partial charge in [0.15, 0.2) is 0 Å². The highest BCUT2D eigenvalue weighted by atomic mass is 32.2. The second kappa shape index (κ2) is 5.96. The van der Waals surface area contributed by atoms with Crippen LogP contribution in [0.25, 0.3) is 0 Å². The van der Waals surface area contributed by atoms with Gasteiger partial charge < -0.3 is 5.73 Å². The molecule has 0 amide bonds. The molecule has 3 N–H and O–H groups in total. The number of aryl methyl sites for hydroxylation is 1. The number of benzene rings is 1. The summed E-state index contributed by atoms with van der Waals surface area (Å²) in [6, 6.07) is 3.83. The highest BCUT2D eigenvalue weighted by Gasteiger charge is 2.19. The molecule has 20 heavy (non-hydrogen) atoms. The van der Waals surface area contributed by atoms with Gasteiger partial charge in [-0.15, -0.1) is 11.3 Å². The average Bonchev–Trinajstić information content (AvgIpc) is 2.82. The molecule has 0 fully saturated rings. The summed E-state index contributed by atoms with van der Waals surface area (Å²) in [6.07, 6.45) is 0. The van der Waals surface area contributed by atoms with Crippen LogP contribution < -0.4 is 10.5 Å². The summed E-state index contributed by atoms with van der Waals surface area (Å²) in [5.41, 5.74) is 6.74. The Labute approximate surface area is 120 Å². The number of rotatable bonds is 5. The molecule has 1 heterocycles. The van der Waals surface area contributed by atoms with Crippen molar-refractivity contribution in [2.45, 2.75) is 24.9 Å². The molecule has 0 saturated carbocycles. The number of nitrogens with two attached hydrogens (primary N) is 1. The summed E-state index contributed by atoms with van der Waals surface area (Å²) in [6.45, 7) is 2.02. The summed E-state index contributed by atoms with van der Waals surface area (Å²) in [5.74, 6) is -0.809. The zero-order valence-electron chi connectivity index (χ0n) is 10.8. The topological polar surface area (TPSA) is 85.1 Å². The van der Waals surface area contributed by atoms with Gasteiger partial charge in [-0.05, 0) is 24.6 Å². The fourth-order valence-electron chi connectivity index (χ4n) is 1.61. The van der Waals surface area contributed by atoms with Crippen molar-refractivity contribution in [3.05, 3.63) is 45.7 Å². The lowest BCUT2D eigenvalue weighted by Gasteiger charge is -2.07. The first kappa shape index (κ1) is 15.0. The fourth-order valence-corrected chi connectivity index (χ4v) is 3.46. The highest BCUT2D eigenvalue weighted by molar-refractivity contribution is 7.89. The SMILES string of the molecule is Cc1csc(CNS(=O)(=O)c2ccc(CN)cc2F)n1. The highest BCUT2D eigenvalue weighted by Crippen LogP contribution is 2.17. The lowest BCUT2D eigenvalue weighted by Crippen LogP contribution is -2.24. The summed E-state index contributed by atoms with van der Waals surface area (Å²) < 4.78 is 40.2. The Balaban J connectivity index is 2.18.